The van der Waals surface area contributed by atoms with E-state index in [9.17, 15) is 0 Å². The Hall–Kier alpha value is -1.73. The van der Waals surface area contributed by atoms with E-state index in [2.05, 4.69) is 74.1 Å². The molecule has 0 atom stereocenters. The molecule has 0 radical (unpaired) electrons. The molecule has 5 nitrogen and oxygen atoms in total. The van der Waals surface area contributed by atoms with Gasteiger partial charge in [0, 0.05) is 50.2 Å². The predicted molar refractivity (Wildman–Crippen MR) is 162 cm³/mol. The summed E-state index contributed by atoms with van der Waals surface area (Å²) in [6, 6.07) is 18.1. The number of nitrogens with zero attached hydrogens (tertiary/aromatic N) is 1. The molecule has 0 aromatic heterocycles. The number of unbranched alkanes of at least 4 members (excludes halogenated alkanes) is 5. The first kappa shape index (κ1) is 28.3. The van der Waals surface area contributed by atoms with E-state index in [4.69, 9.17) is 0 Å². The highest BCUT2D eigenvalue weighted by molar-refractivity contribution is 7.97. The molecule has 6 heteroatoms. The highest BCUT2D eigenvalue weighted by Gasteiger charge is 2.15. The fraction of sp³-hybridized carbons (Fsp3) is 0.613. The van der Waals surface area contributed by atoms with E-state index in [0.717, 1.165) is 26.2 Å². The molecular weight excluding hydrogens is 474 g/mol. The van der Waals surface area contributed by atoms with E-state index in [0.29, 0.717) is 6.04 Å². The zero-order valence-corrected chi connectivity index (χ0v) is 23.6. The number of benzene rings is 2. The molecule has 1 aliphatic carbocycles. The molecule has 0 amide bonds. The van der Waals surface area contributed by atoms with Gasteiger partial charge in [-0.05, 0) is 67.9 Å². The number of hydrogen-bond acceptors (Lipinski definition) is 6. The van der Waals surface area contributed by atoms with Gasteiger partial charge in [0.2, 0.25) is 0 Å². The first-order chi connectivity index (χ1) is 18.4. The summed E-state index contributed by atoms with van der Waals surface area (Å²) in [5.41, 5.74) is 3.76. The highest BCUT2D eigenvalue weighted by atomic mass is 32.2. The average Bonchev–Trinajstić information content (AvgIpc) is 2.95. The molecule has 1 aliphatic heterocycles. The van der Waals surface area contributed by atoms with Gasteiger partial charge >= 0.3 is 0 Å². The SMILES string of the molecule is c1ccc(CNc2cc(SNCCCCCCCCN3CCNCC3)ccc2NC2CCCCC2)cc1. The normalized spacial score (nSPS) is 17.1. The molecule has 0 bridgehead atoms. The second-order valence-electron chi connectivity index (χ2n) is 10.7. The van der Waals surface area contributed by atoms with Gasteiger partial charge in [0.1, 0.15) is 0 Å². The number of nitrogens with one attached hydrogen (secondary N) is 4. The summed E-state index contributed by atoms with van der Waals surface area (Å²) in [7, 11) is 0. The molecule has 4 rings (SSSR count). The maximum Gasteiger partial charge on any atom is 0.0590 e. The molecule has 4 N–H and O–H groups in total. The lowest BCUT2D eigenvalue weighted by atomic mass is 9.95. The van der Waals surface area contributed by atoms with Crippen molar-refractivity contribution in [3.63, 3.8) is 0 Å². The summed E-state index contributed by atoms with van der Waals surface area (Å²) in [5.74, 6) is 0. The Balaban J connectivity index is 1.14. The molecule has 2 aliphatic rings. The van der Waals surface area contributed by atoms with Crippen LogP contribution in [0.4, 0.5) is 11.4 Å². The van der Waals surface area contributed by atoms with Crippen LogP contribution in [0, 0.1) is 0 Å². The van der Waals surface area contributed by atoms with Crippen LogP contribution in [-0.4, -0.2) is 50.2 Å². The van der Waals surface area contributed by atoms with E-state index in [1.807, 2.05) is 0 Å². The van der Waals surface area contributed by atoms with Crippen LogP contribution in [-0.2, 0) is 6.54 Å². The van der Waals surface area contributed by atoms with Gasteiger partial charge in [0.15, 0.2) is 0 Å². The third kappa shape index (κ3) is 10.9. The summed E-state index contributed by atoms with van der Waals surface area (Å²) in [6.07, 6.45) is 14.7. The van der Waals surface area contributed by atoms with Crippen molar-refractivity contribution in [3.05, 3.63) is 54.1 Å². The van der Waals surface area contributed by atoms with Crippen molar-refractivity contribution in [2.24, 2.45) is 0 Å². The summed E-state index contributed by atoms with van der Waals surface area (Å²) in [4.78, 5) is 3.89. The van der Waals surface area contributed by atoms with E-state index >= 15 is 0 Å². The van der Waals surface area contributed by atoms with E-state index in [-0.39, 0.29) is 0 Å². The number of rotatable bonds is 16. The molecule has 0 spiro atoms. The second kappa shape index (κ2) is 17.0. The van der Waals surface area contributed by atoms with Crippen LogP contribution in [0.15, 0.2) is 53.4 Å². The highest BCUT2D eigenvalue weighted by Crippen LogP contribution is 2.31. The lowest BCUT2D eigenvalue weighted by Crippen LogP contribution is -2.43. The lowest BCUT2D eigenvalue weighted by Gasteiger charge is -2.27. The van der Waals surface area contributed by atoms with Gasteiger partial charge in [0.25, 0.3) is 0 Å². The maximum absolute atomic E-state index is 3.84. The van der Waals surface area contributed by atoms with E-state index in [1.165, 1.54) is 112 Å². The fourth-order valence-electron chi connectivity index (χ4n) is 5.43. The largest absolute Gasteiger partial charge is 0.381 e. The standard InChI is InChI=1S/C31H49N5S/c1(2-4-12-22-36-23-20-32-21-24-36)3-11-19-34-37-29-17-18-30(35-28-15-9-6-10-16-28)31(25-29)33-26-27-13-7-5-8-14-27/h5,7-8,13-14,17-18,25,28,32-35H,1-4,6,9-12,15-16,19-24,26H2. The van der Waals surface area contributed by atoms with Crippen molar-refractivity contribution in [1.29, 1.82) is 0 Å². The van der Waals surface area contributed by atoms with Crippen molar-refractivity contribution < 1.29 is 0 Å². The van der Waals surface area contributed by atoms with Crippen LogP contribution in [0.5, 0.6) is 0 Å². The maximum atomic E-state index is 3.84. The van der Waals surface area contributed by atoms with Gasteiger partial charge in [-0.1, -0.05) is 75.3 Å². The first-order valence-electron chi connectivity index (χ1n) is 14.9. The molecule has 2 aromatic carbocycles. The Bertz CT molecular complexity index is 865. The van der Waals surface area contributed by atoms with Crippen LogP contribution >= 0.6 is 11.9 Å². The van der Waals surface area contributed by atoms with Crippen LogP contribution in [0.3, 0.4) is 0 Å². The van der Waals surface area contributed by atoms with Gasteiger partial charge in [-0.25, -0.2) is 0 Å². The number of anilines is 2. The van der Waals surface area contributed by atoms with Crippen LogP contribution in [0.1, 0.15) is 76.2 Å². The van der Waals surface area contributed by atoms with E-state index in [1.54, 1.807) is 11.9 Å². The zero-order chi connectivity index (χ0) is 25.4. The topological polar surface area (TPSA) is 51.4 Å². The Kier molecular flexibility index (Phi) is 13.0. The smallest absolute Gasteiger partial charge is 0.0590 e. The molecule has 2 fully saturated rings. The van der Waals surface area contributed by atoms with E-state index < -0.39 is 0 Å². The summed E-state index contributed by atoms with van der Waals surface area (Å²) >= 11 is 1.77. The van der Waals surface area contributed by atoms with Gasteiger partial charge in [-0.15, -0.1) is 0 Å². The number of hydrogen-bond donors (Lipinski definition) is 4. The van der Waals surface area contributed by atoms with Gasteiger partial charge in [0.05, 0.1) is 11.4 Å². The quantitative estimate of drug-likeness (QED) is 0.142. The minimum atomic E-state index is 0.602. The molecule has 1 heterocycles. The summed E-state index contributed by atoms with van der Waals surface area (Å²) in [6.45, 7) is 7.99. The number of piperazine rings is 1. The van der Waals surface area contributed by atoms with Crippen LogP contribution < -0.4 is 20.7 Å². The minimum absolute atomic E-state index is 0.602. The van der Waals surface area contributed by atoms with Crippen molar-refractivity contribution in [2.45, 2.75) is 88.1 Å². The van der Waals surface area contributed by atoms with Crippen LogP contribution in [0.25, 0.3) is 0 Å². The Morgan fingerprint density at radius 2 is 1.57 bits per heavy atom. The summed E-state index contributed by atoms with van der Waals surface area (Å²) < 4.78 is 3.60. The fourth-order valence-corrected chi connectivity index (χ4v) is 6.15. The van der Waals surface area contributed by atoms with Crippen molar-refractivity contribution in [2.75, 3.05) is 49.9 Å². The molecule has 1 saturated heterocycles. The van der Waals surface area contributed by atoms with Crippen LogP contribution in [0.2, 0.25) is 0 Å². The van der Waals surface area contributed by atoms with Gasteiger partial charge in [-0.2, -0.15) is 0 Å². The molecular formula is C31H49N5S. The minimum Gasteiger partial charge on any atom is -0.381 e. The predicted octanol–water partition coefficient (Wildman–Crippen LogP) is 6.89. The third-order valence-corrected chi connectivity index (χ3v) is 8.52. The Morgan fingerprint density at radius 1 is 0.811 bits per heavy atom. The third-order valence-electron chi connectivity index (χ3n) is 7.68. The lowest BCUT2D eigenvalue weighted by molar-refractivity contribution is 0.236. The molecule has 0 unspecified atom stereocenters. The molecule has 2 aromatic rings. The second-order valence-corrected chi connectivity index (χ2v) is 11.7. The first-order valence-corrected chi connectivity index (χ1v) is 15.7. The molecule has 1 saturated carbocycles. The zero-order valence-electron chi connectivity index (χ0n) is 22.8. The van der Waals surface area contributed by atoms with Crippen molar-refractivity contribution >= 4 is 23.3 Å². The molecule has 37 heavy (non-hydrogen) atoms. The Labute approximate surface area is 230 Å². The van der Waals surface area contributed by atoms with Crippen molar-refractivity contribution in [3.8, 4) is 0 Å². The summed E-state index contributed by atoms with van der Waals surface area (Å²) in [5, 5.41) is 11.0. The Morgan fingerprint density at radius 3 is 2.38 bits per heavy atom. The van der Waals surface area contributed by atoms with Crippen molar-refractivity contribution in [1.82, 2.24) is 14.9 Å². The average molecular weight is 524 g/mol. The van der Waals surface area contributed by atoms with Gasteiger partial charge in [-0.3, -0.25) is 4.72 Å². The van der Waals surface area contributed by atoms with Gasteiger partial charge < -0.3 is 20.9 Å². The monoisotopic (exact) mass is 523 g/mol. The molecule has 204 valence electrons.